The van der Waals surface area contributed by atoms with Gasteiger partial charge in [0.2, 0.25) is 0 Å². The molecule has 0 radical (unpaired) electrons. The van der Waals surface area contributed by atoms with Gasteiger partial charge in [-0.25, -0.2) is 4.57 Å². The molecule has 0 aliphatic rings. The lowest BCUT2D eigenvalue weighted by Crippen LogP contribution is -1.74. The zero-order valence-corrected chi connectivity index (χ0v) is 12.4. The van der Waals surface area contributed by atoms with Gasteiger partial charge in [0.05, 0.1) is 5.52 Å². The Bertz CT molecular complexity index is 994. The fourth-order valence-corrected chi connectivity index (χ4v) is 2.59. The Balaban J connectivity index is 0.000000254. The number of aromatic amines is 1. The van der Waals surface area contributed by atoms with Gasteiger partial charge in [0, 0.05) is 21.7 Å². The number of H-pyrrole nitrogens is 1. The molecule has 3 aromatic carbocycles. The molecule has 0 bridgehead atoms. The summed E-state index contributed by atoms with van der Waals surface area (Å²) >= 11 is 0. The van der Waals surface area contributed by atoms with E-state index in [1.54, 1.807) is 0 Å². The molecular formula is C16H14NO4P. The van der Waals surface area contributed by atoms with Gasteiger partial charge in [-0.1, -0.05) is 54.6 Å². The maximum atomic E-state index is 8.88. The molecule has 1 aromatic heterocycles. The molecule has 0 aliphatic carbocycles. The van der Waals surface area contributed by atoms with Crippen molar-refractivity contribution in [2.45, 2.75) is 0 Å². The first-order valence-electron chi connectivity index (χ1n) is 6.60. The van der Waals surface area contributed by atoms with E-state index in [2.05, 4.69) is 65.6 Å². The van der Waals surface area contributed by atoms with Gasteiger partial charge < -0.3 is 19.7 Å². The van der Waals surface area contributed by atoms with E-state index < -0.39 is 7.82 Å². The molecule has 0 spiro atoms. The third kappa shape index (κ3) is 3.03. The maximum absolute atomic E-state index is 8.88. The van der Waals surface area contributed by atoms with Gasteiger partial charge in [-0.2, -0.15) is 0 Å². The van der Waals surface area contributed by atoms with Crippen LogP contribution in [0.4, 0.5) is 0 Å². The molecule has 0 fully saturated rings. The Kier molecular flexibility index (Phi) is 3.72. The van der Waals surface area contributed by atoms with Crippen LogP contribution < -0.4 is 0 Å². The first kappa shape index (κ1) is 14.8. The number of hydrogen-bond acceptors (Lipinski definition) is 1. The molecule has 4 rings (SSSR count). The lowest BCUT2D eigenvalue weighted by molar-refractivity contribution is 0.275. The van der Waals surface area contributed by atoms with Crippen molar-refractivity contribution in [3.05, 3.63) is 60.7 Å². The summed E-state index contributed by atoms with van der Waals surface area (Å²) in [7, 11) is -4.64. The minimum atomic E-state index is -4.64. The summed E-state index contributed by atoms with van der Waals surface area (Å²) in [4.78, 5) is 25.1. The number of phosphoric acid groups is 1. The van der Waals surface area contributed by atoms with Crippen molar-refractivity contribution < 1.29 is 19.2 Å². The van der Waals surface area contributed by atoms with Crippen molar-refractivity contribution in [1.82, 2.24) is 4.98 Å². The first-order valence-corrected chi connectivity index (χ1v) is 8.16. The maximum Gasteiger partial charge on any atom is 0.466 e. The second-order valence-electron chi connectivity index (χ2n) is 4.89. The van der Waals surface area contributed by atoms with Gasteiger partial charge in [-0.05, 0) is 11.5 Å². The first-order chi connectivity index (χ1) is 10.4. The smallest absolute Gasteiger partial charge is 0.354 e. The zero-order valence-electron chi connectivity index (χ0n) is 11.5. The van der Waals surface area contributed by atoms with Crippen molar-refractivity contribution in [3.63, 3.8) is 0 Å². The topological polar surface area (TPSA) is 93.6 Å². The summed E-state index contributed by atoms with van der Waals surface area (Å²) in [5.41, 5.74) is 2.45. The van der Waals surface area contributed by atoms with E-state index in [0.29, 0.717) is 0 Å². The van der Waals surface area contributed by atoms with E-state index in [4.69, 9.17) is 19.2 Å². The van der Waals surface area contributed by atoms with Crippen LogP contribution >= 0.6 is 7.82 Å². The summed E-state index contributed by atoms with van der Waals surface area (Å²) in [6.07, 6.45) is 0. The van der Waals surface area contributed by atoms with Gasteiger partial charge in [0.1, 0.15) is 0 Å². The summed E-state index contributed by atoms with van der Waals surface area (Å²) in [5.74, 6) is 0. The molecule has 4 N–H and O–H groups in total. The molecule has 112 valence electrons. The van der Waals surface area contributed by atoms with E-state index in [1.165, 1.54) is 32.6 Å². The van der Waals surface area contributed by atoms with E-state index in [9.17, 15) is 0 Å². The van der Waals surface area contributed by atoms with Crippen molar-refractivity contribution in [2.24, 2.45) is 0 Å². The minimum Gasteiger partial charge on any atom is -0.354 e. The van der Waals surface area contributed by atoms with E-state index in [-0.39, 0.29) is 0 Å². The molecule has 0 atom stereocenters. The number of aromatic nitrogens is 1. The van der Waals surface area contributed by atoms with Crippen molar-refractivity contribution >= 4 is 40.4 Å². The Morgan fingerprint density at radius 3 is 2.05 bits per heavy atom. The number of para-hydroxylation sites is 1. The Morgan fingerprint density at radius 1 is 0.727 bits per heavy atom. The van der Waals surface area contributed by atoms with E-state index in [0.717, 1.165) is 0 Å². The predicted octanol–water partition coefficient (Wildman–Crippen LogP) is 3.55. The van der Waals surface area contributed by atoms with Gasteiger partial charge >= 0.3 is 7.82 Å². The SMILES string of the molecule is O=P(O)(O)O.c1ccc2c(c1)ccc1c3ccccc3[nH]c21. The normalized spacial score (nSPS) is 11.6. The number of benzene rings is 3. The average Bonchev–Trinajstić information content (AvgIpc) is 2.84. The van der Waals surface area contributed by atoms with Gasteiger partial charge in [-0.15, -0.1) is 0 Å². The van der Waals surface area contributed by atoms with Gasteiger partial charge in [-0.3, -0.25) is 0 Å². The molecule has 0 amide bonds. The molecule has 4 aromatic rings. The molecular weight excluding hydrogens is 301 g/mol. The summed E-state index contributed by atoms with van der Waals surface area (Å²) in [6.45, 7) is 0. The second-order valence-corrected chi connectivity index (χ2v) is 5.92. The molecule has 0 aliphatic heterocycles. The van der Waals surface area contributed by atoms with Gasteiger partial charge in [0.15, 0.2) is 0 Å². The molecule has 0 saturated carbocycles. The lowest BCUT2D eigenvalue weighted by atomic mass is 10.1. The summed E-state index contributed by atoms with van der Waals surface area (Å²) in [5, 5.41) is 5.18. The fraction of sp³-hybridized carbons (Fsp3) is 0. The molecule has 1 heterocycles. The van der Waals surface area contributed by atoms with Crippen LogP contribution in [0.15, 0.2) is 60.7 Å². The Labute approximate surface area is 126 Å². The highest BCUT2D eigenvalue weighted by Gasteiger charge is 2.05. The number of rotatable bonds is 0. The molecule has 22 heavy (non-hydrogen) atoms. The number of hydrogen-bond donors (Lipinski definition) is 4. The minimum absolute atomic E-state index is 1.21. The molecule has 0 saturated heterocycles. The number of nitrogens with one attached hydrogen (secondary N) is 1. The highest BCUT2D eigenvalue weighted by molar-refractivity contribution is 7.45. The van der Waals surface area contributed by atoms with Crippen molar-refractivity contribution in [3.8, 4) is 0 Å². The monoisotopic (exact) mass is 315 g/mol. The highest BCUT2D eigenvalue weighted by atomic mass is 31.2. The highest BCUT2D eigenvalue weighted by Crippen LogP contribution is 2.30. The molecule has 5 nitrogen and oxygen atoms in total. The summed E-state index contributed by atoms with van der Waals surface area (Å²) < 4.78 is 8.88. The van der Waals surface area contributed by atoms with Crippen LogP contribution in [0.3, 0.4) is 0 Å². The Hall–Kier alpha value is -2.17. The van der Waals surface area contributed by atoms with Gasteiger partial charge in [0.25, 0.3) is 0 Å². The van der Waals surface area contributed by atoms with Crippen molar-refractivity contribution in [2.75, 3.05) is 0 Å². The largest absolute Gasteiger partial charge is 0.466 e. The summed E-state index contributed by atoms with van der Waals surface area (Å²) in [6, 6.07) is 21.4. The number of fused-ring (bicyclic) bond motifs is 5. The Morgan fingerprint density at radius 2 is 1.32 bits per heavy atom. The van der Waals surface area contributed by atoms with Crippen LogP contribution in [-0.2, 0) is 4.57 Å². The van der Waals surface area contributed by atoms with Crippen LogP contribution in [0.2, 0.25) is 0 Å². The standard InChI is InChI=1S/C16H11N.H3O4P/c1-2-6-12-11(5-1)9-10-14-13-7-3-4-8-15(13)17-16(12)14;1-5(2,3)4/h1-10,17H;(H3,1,2,3,4). The third-order valence-corrected chi connectivity index (χ3v) is 3.41. The fourth-order valence-electron chi connectivity index (χ4n) is 2.59. The third-order valence-electron chi connectivity index (χ3n) is 3.41. The molecule has 6 heteroatoms. The molecule has 0 unspecified atom stereocenters. The quantitative estimate of drug-likeness (QED) is 0.373. The predicted molar refractivity (Wildman–Crippen MR) is 87.6 cm³/mol. The second kappa shape index (κ2) is 5.55. The van der Waals surface area contributed by atoms with Crippen molar-refractivity contribution in [1.29, 1.82) is 0 Å². The lowest BCUT2D eigenvalue weighted by Gasteiger charge is -1.98. The van der Waals surface area contributed by atoms with Crippen LogP contribution in [0.1, 0.15) is 0 Å². The van der Waals surface area contributed by atoms with Crippen LogP contribution in [-0.4, -0.2) is 19.7 Å². The van der Waals surface area contributed by atoms with Crippen LogP contribution in [0.5, 0.6) is 0 Å². The van der Waals surface area contributed by atoms with E-state index >= 15 is 0 Å². The van der Waals surface area contributed by atoms with Crippen LogP contribution in [0, 0.1) is 0 Å². The van der Waals surface area contributed by atoms with Crippen LogP contribution in [0.25, 0.3) is 32.6 Å². The average molecular weight is 315 g/mol. The van der Waals surface area contributed by atoms with E-state index in [1.807, 2.05) is 0 Å². The zero-order chi connectivity index (χ0) is 15.7.